The zero-order valence-corrected chi connectivity index (χ0v) is 9.21. The zero-order chi connectivity index (χ0) is 10.1. The molecule has 1 N–H and O–H groups in total. The van der Waals surface area contributed by atoms with Crippen molar-refractivity contribution >= 4 is 0 Å². The molecule has 1 saturated heterocycles. The van der Waals surface area contributed by atoms with Crippen molar-refractivity contribution in [1.29, 1.82) is 0 Å². The van der Waals surface area contributed by atoms with Crippen molar-refractivity contribution in [2.24, 2.45) is 5.41 Å². The Kier molecular flexibility index (Phi) is 2.28. The largest absolute Gasteiger partial charge is 0.317 e. The van der Waals surface area contributed by atoms with E-state index in [0.29, 0.717) is 5.41 Å². The fraction of sp³-hybridized carbons (Fsp3) is 0.571. The number of rotatable bonds is 1. The van der Waals surface area contributed by atoms with Gasteiger partial charge in [0.25, 0.3) is 0 Å². The van der Waals surface area contributed by atoms with Gasteiger partial charge in [0, 0.05) is 0 Å². The normalized spacial score (nSPS) is 25.1. The van der Waals surface area contributed by atoms with E-state index in [1.54, 1.807) is 5.56 Å². The lowest BCUT2D eigenvalue weighted by Crippen LogP contribution is -2.44. The summed E-state index contributed by atoms with van der Waals surface area (Å²) in [4.78, 5) is 0. The third-order valence-electron chi connectivity index (χ3n) is 4.29. The Morgan fingerprint density at radius 2 is 1.67 bits per heavy atom. The predicted molar refractivity (Wildman–Crippen MR) is 63.0 cm³/mol. The Labute approximate surface area is 91.9 Å². The molecule has 1 aliphatic carbocycles. The number of benzene rings is 1. The van der Waals surface area contributed by atoms with Crippen molar-refractivity contribution in [3.63, 3.8) is 0 Å². The first kappa shape index (κ1) is 9.41. The second kappa shape index (κ2) is 3.64. The van der Waals surface area contributed by atoms with Crippen LogP contribution in [0.5, 0.6) is 0 Å². The summed E-state index contributed by atoms with van der Waals surface area (Å²) in [6, 6.07) is 11.0. The molecule has 1 aromatic carbocycles. The van der Waals surface area contributed by atoms with Crippen LogP contribution in [0, 0.1) is 5.41 Å². The van der Waals surface area contributed by atoms with Gasteiger partial charge in [-0.2, -0.15) is 0 Å². The van der Waals surface area contributed by atoms with Gasteiger partial charge in [-0.05, 0) is 55.7 Å². The minimum Gasteiger partial charge on any atom is -0.317 e. The molecule has 1 saturated carbocycles. The summed E-state index contributed by atoms with van der Waals surface area (Å²) in [5.41, 5.74) is 2.27. The van der Waals surface area contributed by atoms with Gasteiger partial charge >= 0.3 is 0 Å². The Morgan fingerprint density at radius 3 is 2.33 bits per heavy atom. The van der Waals surface area contributed by atoms with Gasteiger partial charge in [0.15, 0.2) is 0 Å². The van der Waals surface area contributed by atoms with E-state index in [9.17, 15) is 0 Å². The first-order valence-electron chi connectivity index (χ1n) is 6.14. The number of nitrogens with one attached hydrogen (secondary N) is 1. The van der Waals surface area contributed by atoms with Crippen LogP contribution in [0.3, 0.4) is 0 Å². The van der Waals surface area contributed by atoms with Gasteiger partial charge in [-0.3, -0.25) is 0 Å². The standard InChI is InChI=1S/C14H19N/c1-2-4-12(5-3-1)13-10-14(11-13)6-8-15-9-7-14/h1-5,13,15H,6-11H2. The summed E-state index contributed by atoms with van der Waals surface area (Å²) in [6.07, 6.45) is 5.66. The Hall–Kier alpha value is -0.820. The molecular weight excluding hydrogens is 182 g/mol. The first-order valence-corrected chi connectivity index (χ1v) is 6.14. The average molecular weight is 201 g/mol. The molecule has 1 heterocycles. The summed E-state index contributed by atoms with van der Waals surface area (Å²) in [5, 5.41) is 3.46. The molecule has 0 unspecified atom stereocenters. The van der Waals surface area contributed by atoms with Crippen molar-refractivity contribution in [2.45, 2.75) is 31.6 Å². The van der Waals surface area contributed by atoms with E-state index >= 15 is 0 Å². The molecule has 80 valence electrons. The van der Waals surface area contributed by atoms with E-state index in [0.717, 1.165) is 5.92 Å². The van der Waals surface area contributed by atoms with Crippen LogP contribution in [0.1, 0.15) is 37.2 Å². The van der Waals surface area contributed by atoms with E-state index in [4.69, 9.17) is 0 Å². The Balaban J connectivity index is 1.66. The highest BCUT2D eigenvalue weighted by Gasteiger charge is 2.44. The summed E-state index contributed by atoms with van der Waals surface area (Å²) in [6.45, 7) is 2.48. The molecule has 1 heteroatoms. The van der Waals surface area contributed by atoms with Gasteiger partial charge in [-0.15, -0.1) is 0 Å². The number of hydrogen-bond donors (Lipinski definition) is 1. The fourth-order valence-electron chi connectivity index (χ4n) is 3.31. The quantitative estimate of drug-likeness (QED) is 0.736. The zero-order valence-electron chi connectivity index (χ0n) is 9.21. The van der Waals surface area contributed by atoms with E-state index in [1.807, 2.05) is 0 Å². The van der Waals surface area contributed by atoms with Gasteiger partial charge in [-0.1, -0.05) is 30.3 Å². The van der Waals surface area contributed by atoms with Gasteiger partial charge in [0.1, 0.15) is 0 Å². The van der Waals surface area contributed by atoms with Crippen LogP contribution in [0.15, 0.2) is 30.3 Å². The molecule has 2 fully saturated rings. The molecule has 1 aliphatic heterocycles. The molecule has 0 bridgehead atoms. The van der Waals surface area contributed by atoms with E-state index < -0.39 is 0 Å². The third-order valence-corrected chi connectivity index (χ3v) is 4.29. The second-order valence-electron chi connectivity index (χ2n) is 5.27. The highest BCUT2D eigenvalue weighted by atomic mass is 14.9. The van der Waals surface area contributed by atoms with Crippen molar-refractivity contribution in [1.82, 2.24) is 5.32 Å². The maximum Gasteiger partial charge on any atom is -0.00436 e. The molecule has 2 aliphatic rings. The van der Waals surface area contributed by atoms with Gasteiger partial charge in [0.2, 0.25) is 0 Å². The molecule has 0 amide bonds. The maximum atomic E-state index is 3.46. The SMILES string of the molecule is c1ccc(C2CC3(CCNCC3)C2)cc1. The van der Waals surface area contributed by atoms with Crippen LogP contribution >= 0.6 is 0 Å². The van der Waals surface area contributed by atoms with Gasteiger partial charge in [-0.25, -0.2) is 0 Å². The van der Waals surface area contributed by atoms with Crippen LogP contribution in [-0.2, 0) is 0 Å². The second-order valence-corrected chi connectivity index (χ2v) is 5.27. The summed E-state index contributed by atoms with van der Waals surface area (Å²) >= 11 is 0. The lowest BCUT2D eigenvalue weighted by Gasteiger charge is -2.50. The predicted octanol–water partition coefficient (Wildman–Crippen LogP) is 2.93. The summed E-state index contributed by atoms with van der Waals surface area (Å²) < 4.78 is 0. The molecule has 3 rings (SSSR count). The van der Waals surface area contributed by atoms with Crippen molar-refractivity contribution in [3.05, 3.63) is 35.9 Å². The highest BCUT2D eigenvalue weighted by molar-refractivity contribution is 5.23. The number of hydrogen-bond acceptors (Lipinski definition) is 1. The molecule has 0 atom stereocenters. The summed E-state index contributed by atoms with van der Waals surface area (Å²) in [7, 11) is 0. The van der Waals surface area contributed by atoms with Crippen molar-refractivity contribution in [3.8, 4) is 0 Å². The Bertz CT molecular complexity index is 316. The number of piperidine rings is 1. The molecular formula is C14H19N. The minimum atomic E-state index is 0.714. The van der Waals surface area contributed by atoms with Gasteiger partial charge < -0.3 is 5.32 Å². The van der Waals surface area contributed by atoms with Crippen LogP contribution in [-0.4, -0.2) is 13.1 Å². The van der Waals surface area contributed by atoms with E-state index in [1.165, 1.54) is 38.8 Å². The maximum absolute atomic E-state index is 3.46. The average Bonchev–Trinajstić information content (AvgIpc) is 2.28. The highest BCUT2D eigenvalue weighted by Crippen LogP contribution is 2.55. The van der Waals surface area contributed by atoms with Gasteiger partial charge in [0.05, 0.1) is 0 Å². The fourth-order valence-corrected chi connectivity index (χ4v) is 3.31. The van der Waals surface area contributed by atoms with E-state index in [-0.39, 0.29) is 0 Å². The monoisotopic (exact) mass is 201 g/mol. The minimum absolute atomic E-state index is 0.714. The molecule has 15 heavy (non-hydrogen) atoms. The van der Waals surface area contributed by atoms with Crippen LogP contribution < -0.4 is 5.32 Å². The van der Waals surface area contributed by atoms with Crippen LogP contribution in [0.4, 0.5) is 0 Å². The molecule has 1 aromatic rings. The van der Waals surface area contributed by atoms with Crippen LogP contribution in [0.25, 0.3) is 0 Å². The third kappa shape index (κ3) is 1.69. The first-order chi connectivity index (χ1) is 7.38. The van der Waals surface area contributed by atoms with Crippen molar-refractivity contribution in [2.75, 3.05) is 13.1 Å². The van der Waals surface area contributed by atoms with Crippen LogP contribution in [0.2, 0.25) is 0 Å². The molecule has 0 aromatic heterocycles. The summed E-state index contributed by atoms with van der Waals surface area (Å²) in [5.74, 6) is 0.851. The lowest BCUT2D eigenvalue weighted by molar-refractivity contribution is 0.0604. The molecule has 1 spiro atoms. The molecule has 0 radical (unpaired) electrons. The smallest absolute Gasteiger partial charge is 0.00436 e. The molecule has 1 nitrogen and oxygen atoms in total. The topological polar surface area (TPSA) is 12.0 Å². The Morgan fingerprint density at radius 1 is 1.00 bits per heavy atom. The lowest BCUT2D eigenvalue weighted by atomic mass is 9.56. The van der Waals surface area contributed by atoms with E-state index in [2.05, 4.69) is 35.6 Å². The van der Waals surface area contributed by atoms with Crippen molar-refractivity contribution < 1.29 is 0 Å².